The van der Waals surface area contributed by atoms with Gasteiger partial charge in [0, 0.05) is 23.9 Å². The van der Waals surface area contributed by atoms with Crippen LogP contribution in [0.25, 0.3) is 11.4 Å². The Morgan fingerprint density at radius 1 is 1.29 bits per heavy atom. The van der Waals surface area contributed by atoms with Crippen LogP contribution in [0.2, 0.25) is 0 Å². The van der Waals surface area contributed by atoms with Crippen LogP contribution in [0.15, 0.2) is 22.7 Å². The molecule has 2 N–H and O–H groups in total. The molecule has 21 heavy (non-hydrogen) atoms. The Labute approximate surface area is 132 Å². The number of aromatic nitrogens is 2. The van der Waals surface area contributed by atoms with Gasteiger partial charge in [0.15, 0.2) is 17.3 Å². The van der Waals surface area contributed by atoms with E-state index in [-0.39, 0.29) is 5.75 Å². The second kappa shape index (κ2) is 6.76. The average molecular weight is 352 g/mol. The number of benzene rings is 1. The smallest absolute Gasteiger partial charge is 0.172 e. The summed E-state index contributed by atoms with van der Waals surface area (Å²) in [6.45, 7) is 4.89. The van der Waals surface area contributed by atoms with Crippen molar-refractivity contribution >= 4 is 21.7 Å². The summed E-state index contributed by atoms with van der Waals surface area (Å²) in [5.41, 5.74) is 1.65. The first-order valence-electron chi connectivity index (χ1n) is 6.71. The van der Waals surface area contributed by atoms with Crippen LogP contribution in [-0.2, 0) is 0 Å². The molecule has 0 radical (unpaired) electrons. The van der Waals surface area contributed by atoms with E-state index in [1.54, 1.807) is 12.1 Å². The predicted molar refractivity (Wildman–Crippen MR) is 86.9 cm³/mol. The number of nitrogens with zero attached hydrogens (tertiary/aromatic N) is 2. The largest absolute Gasteiger partial charge is 0.503 e. The van der Waals surface area contributed by atoms with Gasteiger partial charge in [-0.2, -0.15) is 0 Å². The van der Waals surface area contributed by atoms with Crippen LogP contribution in [0.1, 0.15) is 19.0 Å². The van der Waals surface area contributed by atoms with Gasteiger partial charge in [-0.25, -0.2) is 9.97 Å². The van der Waals surface area contributed by atoms with Crippen LogP contribution >= 0.6 is 15.9 Å². The highest BCUT2D eigenvalue weighted by molar-refractivity contribution is 9.10. The molecule has 0 aliphatic carbocycles. The zero-order chi connectivity index (χ0) is 15.4. The molecule has 0 aliphatic rings. The number of ether oxygens (including phenoxy) is 1. The number of rotatable bonds is 5. The molecule has 1 aromatic heterocycles. The fourth-order valence-electron chi connectivity index (χ4n) is 1.90. The summed E-state index contributed by atoms with van der Waals surface area (Å²) in [7, 11) is 1.51. The SMILES string of the molecule is CCCNc1cc(C)nc(-c2cc(Br)c(O)c(OC)c2)n1. The van der Waals surface area contributed by atoms with Gasteiger partial charge in [0.05, 0.1) is 11.6 Å². The molecule has 0 aliphatic heterocycles. The highest BCUT2D eigenvalue weighted by Gasteiger charge is 2.12. The quantitative estimate of drug-likeness (QED) is 0.858. The van der Waals surface area contributed by atoms with Crippen molar-refractivity contribution in [1.82, 2.24) is 9.97 Å². The molecular formula is C15H18BrN3O2. The molecule has 0 saturated carbocycles. The van der Waals surface area contributed by atoms with Gasteiger partial charge in [-0.15, -0.1) is 0 Å². The Hall–Kier alpha value is -1.82. The first kappa shape index (κ1) is 15.6. The molecule has 112 valence electrons. The van der Waals surface area contributed by atoms with Crippen molar-refractivity contribution in [2.45, 2.75) is 20.3 Å². The van der Waals surface area contributed by atoms with Crippen molar-refractivity contribution in [3.05, 3.63) is 28.4 Å². The number of nitrogens with one attached hydrogen (secondary N) is 1. The molecule has 0 fully saturated rings. The average Bonchev–Trinajstić information content (AvgIpc) is 2.47. The second-order valence-electron chi connectivity index (χ2n) is 4.65. The number of phenols is 1. The lowest BCUT2D eigenvalue weighted by Gasteiger charge is -2.10. The van der Waals surface area contributed by atoms with E-state index in [1.807, 2.05) is 13.0 Å². The Morgan fingerprint density at radius 2 is 2.05 bits per heavy atom. The topological polar surface area (TPSA) is 67.3 Å². The van der Waals surface area contributed by atoms with Gasteiger partial charge in [0.25, 0.3) is 0 Å². The maximum atomic E-state index is 9.87. The Balaban J connectivity index is 2.46. The van der Waals surface area contributed by atoms with Gasteiger partial charge >= 0.3 is 0 Å². The van der Waals surface area contributed by atoms with E-state index in [0.29, 0.717) is 16.0 Å². The monoisotopic (exact) mass is 351 g/mol. The van der Waals surface area contributed by atoms with Crippen LogP contribution in [-0.4, -0.2) is 28.7 Å². The van der Waals surface area contributed by atoms with Gasteiger partial charge in [0.1, 0.15) is 5.82 Å². The normalized spacial score (nSPS) is 10.5. The van der Waals surface area contributed by atoms with E-state index in [2.05, 4.69) is 38.1 Å². The van der Waals surface area contributed by atoms with Crippen molar-refractivity contribution in [3.8, 4) is 22.9 Å². The summed E-state index contributed by atoms with van der Waals surface area (Å²) in [5.74, 6) is 1.83. The number of phenolic OH excluding ortho intramolecular Hbond substituents is 1. The lowest BCUT2D eigenvalue weighted by atomic mass is 10.2. The highest BCUT2D eigenvalue weighted by Crippen LogP contribution is 2.37. The van der Waals surface area contributed by atoms with Crippen molar-refractivity contribution in [1.29, 1.82) is 0 Å². The number of aryl methyl sites for hydroxylation is 1. The van der Waals surface area contributed by atoms with Gasteiger partial charge in [0.2, 0.25) is 0 Å². The third-order valence-electron chi connectivity index (χ3n) is 2.92. The molecule has 0 unspecified atom stereocenters. The first-order chi connectivity index (χ1) is 10.0. The summed E-state index contributed by atoms with van der Waals surface area (Å²) in [5, 5.41) is 13.1. The van der Waals surface area contributed by atoms with E-state index < -0.39 is 0 Å². The van der Waals surface area contributed by atoms with Crippen LogP contribution < -0.4 is 10.1 Å². The Kier molecular flexibility index (Phi) is 5.01. The van der Waals surface area contributed by atoms with Crippen LogP contribution in [0.4, 0.5) is 5.82 Å². The minimum atomic E-state index is 0.0678. The molecule has 0 bridgehead atoms. The molecule has 0 saturated heterocycles. The number of hydrogen-bond donors (Lipinski definition) is 2. The third kappa shape index (κ3) is 3.64. The fraction of sp³-hybridized carbons (Fsp3) is 0.333. The van der Waals surface area contributed by atoms with Gasteiger partial charge in [-0.05, 0) is 41.4 Å². The molecule has 0 amide bonds. The number of hydrogen-bond acceptors (Lipinski definition) is 5. The van der Waals surface area contributed by atoms with Crippen molar-refractivity contribution in [3.63, 3.8) is 0 Å². The van der Waals surface area contributed by atoms with Crippen LogP contribution in [0, 0.1) is 6.92 Å². The van der Waals surface area contributed by atoms with E-state index in [9.17, 15) is 5.11 Å². The van der Waals surface area contributed by atoms with E-state index >= 15 is 0 Å². The van der Waals surface area contributed by atoms with E-state index in [1.165, 1.54) is 7.11 Å². The van der Waals surface area contributed by atoms with Gasteiger partial charge in [-0.3, -0.25) is 0 Å². The van der Waals surface area contributed by atoms with Crippen LogP contribution in [0.5, 0.6) is 11.5 Å². The maximum Gasteiger partial charge on any atom is 0.172 e. The zero-order valence-corrected chi connectivity index (χ0v) is 13.9. The van der Waals surface area contributed by atoms with Crippen LogP contribution in [0.3, 0.4) is 0 Å². The number of methoxy groups -OCH3 is 1. The second-order valence-corrected chi connectivity index (χ2v) is 5.51. The summed E-state index contributed by atoms with van der Waals surface area (Å²) in [6.07, 6.45) is 1.02. The summed E-state index contributed by atoms with van der Waals surface area (Å²) >= 11 is 3.31. The zero-order valence-electron chi connectivity index (χ0n) is 12.3. The minimum absolute atomic E-state index is 0.0678. The molecular weight excluding hydrogens is 334 g/mol. The summed E-state index contributed by atoms with van der Waals surface area (Å²) in [6, 6.07) is 5.40. The number of halogens is 1. The molecule has 2 rings (SSSR count). The molecule has 6 heteroatoms. The molecule has 5 nitrogen and oxygen atoms in total. The maximum absolute atomic E-state index is 9.87. The highest BCUT2D eigenvalue weighted by atomic mass is 79.9. The molecule has 1 heterocycles. The predicted octanol–water partition coefficient (Wildman–Crippen LogP) is 3.75. The molecule has 1 aromatic carbocycles. The minimum Gasteiger partial charge on any atom is -0.503 e. The van der Waals surface area contributed by atoms with Crippen molar-refractivity contribution in [2.75, 3.05) is 19.0 Å². The third-order valence-corrected chi connectivity index (χ3v) is 3.52. The Bertz CT molecular complexity index is 647. The van der Waals surface area contributed by atoms with Gasteiger partial charge < -0.3 is 15.2 Å². The molecule has 2 aromatic rings. The number of anilines is 1. The van der Waals surface area contributed by atoms with Crippen molar-refractivity contribution in [2.24, 2.45) is 0 Å². The standard InChI is InChI=1S/C15H18BrN3O2/c1-4-5-17-13-6-9(2)18-15(19-13)10-7-11(16)14(20)12(8-10)21-3/h6-8,20H,4-5H2,1-3H3,(H,17,18,19). The fourth-order valence-corrected chi connectivity index (χ4v) is 2.34. The summed E-state index contributed by atoms with van der Waals surface area (Å²) in [4.78, 5) is 8.96. The lowest BCUT2D eigenvalue weighted by Crippen LogP contribution is -2.04. The Morgan fingerprint density at radius 3 is 2.71 bits per heavy atom. The number of aromatic hydroxyl groups is 1. The van der Waals surface area contributed by atoms with E-state index in [0.717, 1.165) is 30.0 Å². The molecule has 0 spiro atoms. The summed E-state index contributed by atoms with van der Waals surface area (Å²) < 4.78 is 5.71. The lowest BCUT2D eigenvalue weighted by molar-refractivity contribution is 0.372. The van der Waals surface area contributed by atoms with Crippen molar-refractivity contribution < 1.29 is 9.84 Å². The van der Waals surface area contributed by atoms with E-state index in [4.69, 9.17) is 4.74 Å². The van der Waals surface area contributed by atoms with Gasteiger partial charge in [-0.1, -0.05) is 6.92 Å². The molecule has 0 atom stereocenters. The first-order valence-corrected chi connectivity index (χ1v) is 7.51.